The first-order valence-corrected chi connectivity index (χ1v) is 11.9. The molecule has 0 spiro atoms. The third-order valence-electron chi connectivity index (χ3n) is 6.77. The molecule has 3 aliphatic rings. The summed E-state index contributed by atoms with van der Waals surface area (Å²) in [7, 11) is 0. The van der Waals surface area contributed by atoms with E-state index in [1.807, 2.05) is 10.9 Å². The third kappa shape index (κ3) is 3.89. The van der Waals surface area contributed by atoms with Crippen LogP contribution in [0.25, 0.3) is 0 Å². The quantitative estimate of drug-likeness (QED) is 0.536. The maximum absolute atomic E-state index is 6.22. The Balaban J connectivity index is 1.37. The molecule has 3 saturated heterocycles. The first kappa shape index (κ1) is 20.4. The van der Waals surface area contributed by atoms with Crippen molar-refractivity contribution in [2.75, 3.05) is 24.5 Å². The molecule has 0 amide bonds. The minimum absolute atomic E-state index is 0.186. The monoisotopic (exact) mass is 474 g/mol. The Hall–Kier alpha value is -1.52. The van der Waals surface area contributed by atoms with Crippen molar-refractivity contribution in [3.63, 3.8) is 0 Å². The van der Waals surface area contributed by atoms with Crippen LogP contribution in [0.3, 0.4) is 0 Å². The molecule has 162 valence electrons. The van der Waals surface area contributed by atoms with Crippen LogP contribution < -0.4 is 26.8 Å². The number of fused-ring (bicyclic) bond motifs is 1. The predicted molar refractivity (Wildman–Crippen MR) is 121 cm³/mol. The Kier molecular flexibility index (Phi) is 5.81. The zero-order valence-electron chi connectivity index (χ0n) is 17.4. The van der Waals surface area contributed by atoms with Gasteiger partial charge in [-0.2, -0.15) is 5.10 Å². The van der Waals surface area contributed by atoms with E-state index in [9.17, 15) is 0 Å². The summed E-state index contributed by atoms with van der Waals surface area (Å²) in [5, 5.41) is 8.15. The van der Waals surface area contributed by atoms with Crippen LogP contribution >= 0.6 is 15.9 Å². The standard InChI is InChI=1S/C21H31BrN8/c1-2-30-11-13(9-25-30)18-8-15-19(10-24-18)27-28-20(15)17-6-5-16(22)21(26-17)29-7-3-4-14(23)12-29/h5-6,9,11,14-15,18-20,24,27-28H,2-4,7-8,10,12,23H2,1H3/t14-,15?,18?,19?,20?/m0/s1. The molecule has 3 aliphatic heterocycles. The van der Waals surface area contributed by atoms with Gasteiger partial charge in [-0.1, -0.05) is 0 Å². The van der Waals surface area contributed by atoms with Gasteiger partial charge in [0.15, 0.2) is 0 Å². The van der Waals surface area contributed by atoms with Gasteiger partial charge in [-0.05, 0) is 54.2 Å². The number of piperidine rings is 2. The lowest BCUT2D eigenvalue weighted by Crippen LogP contribution is -2.46. The number of aryl methyl sites for hydroxylation is 1. The van der Waals surface area contributed by atoms with Crippen LogP contribution in [0.1, 0.15) is 49.5 Å². The van der Waals surface area contributed by atoms with Crippen molar-refractivity contribution in [1.82, 2.24) is 30.9 Å². The second-order valence-corrected chi connectivity index (χ2v) is 9.61. The van der Waals surface area contributed by atoms with E-state index in [-0.39, 0.29) is 12.1 Å². The number of hydrazine groups is 1. The number of hydrogen-bond donors (Lipinski definition) is 4. The van der Waals surface area contributed by atoms with Crippen LogP contribution in [0.5, 0.6) is 0 Å². The molecule has 0 bridgehead atoms. The highest BCUT2D eigenvalue weighted by atomic mass is 79.9. The summed E-state index contributed by atoms with van der Waals surface area (Å²) in [5.74, 6) is 1.48. The van der Waals surface area contributed by atoms with E-state index >= 15 is 0 Å². The van der Waals surface area contributed by atoms with Crippen LogP contribution in [-0.4, -0.2) is 46.5 Å². The Morgan fingerprint density at radius 2 is 2.20 bits per heavy atom. The molecule has 2 aromatic rings. The maximum Gasteiger partial charge on any atom is 0.143 e. The first-order chi connectivity index (χ1) is 14.6. The number of rotatable bonds is 4. The zero-order valence-corrected chi connectivity index (χ0v) is 19.0. The lowest BCUT2D eigenvalue weighted by atomic mass is 9.82. The Morgan fingerprint density at radius 3 is 3.00 bits per heavy atom. The normalized spacial score (nSPS) is 31.7. The lowest BCUT2D eigenvalue weighted by molar-refractivity contribution is 0.265. The van der Waals surface area contributed by atoms with Crippen molar-refractivity contribution in [3.05, 3.63) is 40.3 Å². The first-order valence-electron chi connectivity index (χ1n) is 11.1. The average molecular weight is 475 g/mol. The number of halogens is 1. The molecule has 3 fully saturated rings. The summed E-state index contributed by atoms with van der Waals surface area (Å²) in [6.45, 7) is 5.83. The molecule has 8 nitrogen and oxygen atoms in total. The highest BCUT2D eigenvalue weighted by molar-refractivity contribution is 9.10. The van der Waals surface area contributed by atoms with Crippen LogP contribution in [-0.2, 0) is 6.54 Å². The van der Waals surface area contributed by atoms with Gasteiger partial charge in [-0.15, -0.1) is 0 Å². The number of nitrogens with one attached hydrogen (secondary N) is 3. The van der Waals surface area contributed by atoms with Gasteiger partial charge in [0.25, 0.3) is 0 Å². The van der Waals surface area contributed by atoms with Crippen LogP contribution in [0.15, 0.2) is 29.0 Å². The molecule has 30 heavy (non-hydrogen) atoms. The minimum atomic E-state index is 0.186. The summed E-state index contributed by atoms with van der Waals surface area (Å²) in [5.41, 5.74) is 15.6. The van der Waals surface area contributed by atoms with Crippen molar-refractivity contribution < 1.29 is 0 Å². The molecule has 0 saturated carbocycles. The number of anilines is 1. The third-order valence-corrected chi connectivity index (χ3v) is 7.38. The van der Waals surface area contributed by atoms with Crippen molar-refractivity contribution in [2.24, 2.45) is 11.7 Å². The predicted octanol–water partition coefficient (Wildman–Crippen LogP) is 1.86. The fourth-order valence-corrected chi connectivity index (χ4v) is 5.57. The summed E-state index contributed by atoms with van der Waals surface area (Å²) < 4.78 is 3.04. The largest absolute Gasteiger partial charge is 0.354 e. The second-order valence-electron chi connectivity index (χ2n) is 8.75. The van der Waals surface area contributed by atoms with E-state index in [1.54, 1.807) is 0 Å². The molecule has 0 aliphatic carbocycles. The van der Waals surface area contributed by atoms with Crippen LogP contribution in [0, 0.1) is 5.92 Å². The van der Waals surface area contributed by atoms with Crippen LogP contribution in [0.4, 0.5) is 5.82 Å². The van der Waals surface area contributed by atoms with E-state index < -0.39 is 0 Å². The molecular formula is C21H31BrN8. The summed E-state index contributed by atoms with van der Waals surface area (Å²) in [4.78, 5) is 7.43. The minimum Gasteiger partial charge on any atom is -0.354 e. The molecule has 9 heteroatoms. The molecule has 0 radical (unpaired) electrons. The molecule has 4 unspecified atom stereocenters. The van der Waals surface area contributed by atoms with Gasteiger partial charge in [-0.25, -0.2) is 10.4 Å². The average Bonchev–Trinajstić information content (AvgIpc) is 3.41. The molecule has 5 N–H and O–H groups in total. The number of nitrogens with zero attached hydrogens (tertiary/aromatic N) is 4. The van der Waals surface area contributed by atoms with E-state index in [0.717, 1.165) is 61.4 Å². The smallest absolute Gasteiger partial charge is 0.143 e. The SMILES string of the molecule is CCn1cc(C2CC3C(CN2)NNC3c2ccc(Br)c(N3CCC[C@H](N)C3)n2)cn1. The lowest BCUT2D eigenvalue weighted by Gasteiger charge is -2.35. The van der Waals surface area contributed by atoms with Gasteiger partial charge in [0.2, 0.25) is 0 Å². The number of hydrogen-bond acceptors (Lipinski definition) is 7. The summed E-state index contributed by atoms with van der Waals surface area (Å²) in [6, 6.07) is 5.41. The Morgan fingerprint density at radius 1 is 1.30 bits per heavy atom. The fourth-order valence-electron chi connectivity index (χ4n) is 5.09. The highest BCUT2D eigenvalue weighted by Gasteiger charge is 2.42. The van der Waals surface area contributed by atoms with Gasteiger partial charge in [-0.3, -0.25) is 10.1 Å². The van der Waals surface area contributed by atoms with Crippen molar-refractivity contribution >= 4 is 21.7 Å². The molecule has 0 aromatic carbocycles. The maximum atomic E-state index is 6.22. The molecule has 2 aromatic heterocycles. The van der Waals surface area contributed by atoms with E-state index in [0.29, 0.717) is 18.0 Å². The van der Waals surface area contributed by atoms with E-state index in [1.165, 1.54) is 5.56 Å². The highest BCUT2D eigenvalue weighted by Crippen LogP contribution is 2.39. The van der Waals surface area contributed by atoms with Gasteiger partial charge in [0.05, 0.1) is 22.4 Å². The molecule has 5 rings (SSSR count). The fraction of sp³-hybridized carbons (Fsp3) is 0.619. The van der Waals surface area contributed by atoms with Gasteiger partial charge >= 0.3 is 0 Å². The Bertz CT molecular complexity index is 886. The van der Waals surface area contributed by atoms with Crippen LogP contribution in [0.2, 0.25) is 0 Å². The molecule has 5 atom stereocenters. The zero-order chi connectivity index (χ0) is 20.7. The van der Waals surface area contributed by atoms with Gasteiger partial charge < -0.3 is 16.0 Å². The topological polar surface area (TPSA) is 96.1 Å². The second kappa shape index (κ2) is 8.55. The number of aromatic nitrogens is 3. The van der Waals surface area contributed by atoms with E-state index in [2.05, 4.69) is 67.4 Å². The van der Waals surface area contributed by atoms with Crippen molar-refractivity contribution in [3.8, 4) is 0 Å². The van der Waals surface area contributed by atoms with Gasteiger partial charge in [0, 0.05) is 62.0 Å². The molecular weight excluding hydrogens is 444 g/mol. The van der Waals surface area contributed by atoms with Gasteiger partial charge in [0.1, 0.15) is 5.82 Å². The number of nitrogens with two attached hydrogens (primary N) is 1. The summed E-state index contributed by atoms with van der Waals surface area (Å²) >= 11 is 3.71. The number of pyridine rings is 1. The summed E-state index contributed by atoms with van der Waals surface area (Å²) in [6.07, 6.45) is 7.42. The van der Waals surface area contributed by atoms with Crippen molar-refractivity contribution in [1.29, 1.82) is 0 Å². The Labute approximate surface area is 186 Å². The molecule has 5 heterocycles. The van der Waals surface area contributed by atoms with E-state index in [4.69, 9.17) is 10.7 Å². The van der Waals surface area contributed by atoms with Crippen molar-refractivity contribution in [2.45, 2.75) is 56.9 Å².